The van der Waals surface area contributed by atoms with Crippen molar-refractivity contribution >= 4 is 10.9 Å². The first-order valence-electron chi connectivity index (χ1n) is 4.86. The summed E-state index contributed by atoms with van der Waals surface area (Å²) < 4.78 is 0. The van der Waals surface area contributed by atoms with Gasteiger partial charge in [0.2, 0.25) is 0 Å². The molecule has 0 unspecified atom stereocenters. The third kappa shape index (κ3) is 1.43. The van der Waals surface area contributed by atoms with Gasteiger partial charge in [-0.05, 0) is 17.9 Å². The molecule has 2 rings (SSSR count). The Balaban J connectivity index is 2.63. The van der Waals surface area contributed by atoms with Gasteiger partial charge in [0, 0.05) is 6.20 Å². The Bertz CT molecular complexity index is 451. The van der Waals surface area contributed by atoms with Crippen molar-refractivity contribution in [1.29, 1.82) is 0 Å². The van der Waals surface area contributed by atoms with E-state index < -0.39 is 0 Å². The van der Waals surface area contributed by atoms with Gasteiger partial charge in [-0.1, -0.05) is 42.9 Å². The molecule has 0 aliphatic heterocycles. The minimum atomic E-state index is 0.0879. The molecule has 0 saturated carbocycles. The van der Waals surface area contributed by atoms with Gasteiger partial charge in [0.1, 0.15) is 0 Å². The predicted octanol–water partition coefficient (Wildman–Crippen LogP) is 2.26. The molecule has 72 valence electrons. The van der Waals surface area contributed by atoms with Crippen LogP contribution in [0.3, 0.4) is 0 Å². The van der Waals surface area contributed by atoms with Gasteiger partial charge >= 0.3 is 0 Å². The number of hydrogen-bond acceptors (Lipinski definition) is 2. The van der Waals surface area contributed by atoms with E-state index in [1.807, 2.05) is 24.3 Å². The van der Waals surface area contributed by atoms with E-state index in [9.17, 15) is 5.11 Å². The maximum absolute atomic E-state index is 11.9. The van der Waals surface area contributed by atoms with E-state index in [0.29, 0.717) is 5.52 Å². The molecule has 0 bridgehead atoms. The minimum absolute atomic E-state index is 0.0879. The van der Waals surface area contributed by atoms with Crippen molar-refractivity contribution in [3.8, 4) is 5.75 Å². The monoisotopic (exact) mass is 186 g/mol. The Morgan fingerprint density at radius 1 is 1.29 bits per heavy atom. The summed E-state index contributed by atoms with van der Waals surface area (Å²) in [6.45, 7) is 2.07. The first-order chi connectivity index (χ1) is 6.83. The van der Waals surface area contributed by atoms with Crippen LogP contribution in [0.2, 0.25) is 0 Å². The van der Waals surface area contributed by atoms with Gasteiger partial charge in [-0.3, -0.25) is 4.98 Å². The van der Waals surface area contributed by atoms with Crippen LogP contribution in [0.25, 0.3) is 10.9 Å². The predicted molar refractivity (Wildman–Crippen MR) is 55.2 cm³/mol. The Morgan fingerprint density at radius 2 is 2.14 bits per heavy atom. The fourth-order valence-corrected chi connectivity index (χ4v) is 1.63. The average Bonchev–Trinajstić information content (AvgIpc) is 2.23. The molecule has 14 heavy (non-hydrogen) atoms. The molecule has 0 N–H and O–H groups in total. The van der Waals surface area contributed by atoms with Crippen molar-refractivity contribution in [2.75, 3.05) is 0 Å². The second-order valence-electron chi connectivity index (χ2n) is 3.38. The first kappa shape index (κ1) is 9.00. The smallest absolute Gasteiger partial charge is 0.0626 e. The van der Waals surface area contributed by atoms with E-state index in [1.165, 1.54) is 0 Å². The molecule has 0 radical (unpaired) electrons. The van der Waals surface area contributed by atoms with Crippen molar-refractivity contribution in [2.24, 2.45) is 0 Å². The molecule has 0 spiro atoms. The maximum Gasteiger partial charge on any atom is 0.0626 e. The Morgan fingerprint density at radius 3 is 2.93 bits per heavy atom. The number of nitrogens with zero attached hydrogens (tertiary/aromatic N) is 1. The molecule has 2 aromatic rings. The lowest BCUT2D eigenvalue weighted by atomic mass is 10.1. The number of aromatic nitrogens is 1. The lowest BCUT2D eigenvalue weighted by Crippen LogP contribution is -1.98. The Labute approximate surface area is 83.2 Å². The molecule has 2 nitrogen and oxygen atoms in total. The third-order valence-electron chi connectivity index (χ3n) is 2.33. The summed E-state index contributed by atoms with van der Waals surface area (Å²) in [4.78, 5) is 4.11. The van der Waals surface area contributed by atoms with Crippen LogP contribution in [-0.4, -0.2) is 4.98 Å². The highest BCUT2D eigenvalue weighted by molar-refractivity contribution is 5.84. The zero-order valence-electron chi connectivity index (χ0n) is 8.16. The molecule has 1 aromatic carbocycles. The van der Waals surface area contributed by atoms with Crippen LogP contribution < -0.4 is 5.11 Å². The van der Waals surface area contributed by atoms with Gasteiger partial charge in [-0.2, -0.15) is 0 Å². The van der Waals surface area contributed by atoms with Crippen LogP contribution in [0.1, 0.15) is 18.9 Å². The number of benzene rings is 1. The van der Waals surface area contributed by atoms with Crippen LogP contribution in [0.15, 0.2) is 30.5 Å². The molecule has 0 aliphatic carbocycles. The fraction of sp³-hybridized carbons (Fsp3) is 0.250. The molecule has 0 saturated heterocycles. The number of rotatable bonds is 2. The van der Waals surface area contributed by atoms with Gasteiger partial charge in [0.25, 0.3) is 0 Å². The number of hydrogen-bond donors (Lipinski definition) is 0. The SMILES string of the molecule is CCCc1ccc2cccnc2c1[O-]. The Hall–Kier alpha value is -1.57. The quantitative estimate of drug-likeness (QED) is 0.721. The lowest BCUT2D eigenvalue weighted by Gasteiger charge is -2.15. The summed E-state index contributed by atoms with van der Waals surface area (Å²) in [6.07, 6.45) is 3.50. The molecular formula is C12H12NO-. The van der Waals surface area contributed by atoms with E-state index >= 15 is 0 Å². The van der Waals surface area contributed by atoms with E-state index in [0.717, 1.165) is 23.8 Å². The second-order valence-corrected chi connectivity index (χ2v) is 3.38. The van der Waals surface area contributed by atoms with Crippen LogP contribution >= 0.6 is 0 Å². The topological polar surface area (TPSA) is 36.0 Å². The van der Waals surface area contributed by atoms with Crippen LogP contribution in [0, 0.1) is 0 Å². The normalized spacial score (nSPS) is 10.6. The van der Waals surface area contributed by atoms with E-state index in [-0.39, 0.29) is 5.75 Å². The van der Waals surface area contributed by atoms with E-state index in [2.05, 4.69) is 11.9 Å². The summed E-state index contributed by atoms with van der Waals surface area (Å²) in [6, 6.07) is 7.64. The summed E-state index contributed by atoms with van der Waals surface area (Å²) in [5, 5.41) is 12.8. The van der Waals surface area contributed by atoms with Crippen LogP contribution in [-0.2, 0) is 6.42 Å². The van der Waals surface area contributed by atoms with Gasteiger partial charge in [0.05, 0.1) is 5.52 Å². The summed E-state index contributed by atoms with van der Waals surface area (Å²) in [5.74, 6) is 0.0879. The molecule has 0 atom stereocenters. The molecule has 1 aromatic heterocycles. The molecule has 0 fully saturated rings. The highest BCUT2D eigenvalue weighted by Gasteiger charge is 1.98. The highest BCUT2D eigenvalue weighted by Crippen LogP contribution is 2.24. The first-order valence-corrected chi connectivity index (χ1v) is 4.86. The number of fused-ring (bicyclic) bond motifs is 1. The van der Waals surface area contributed by atoms with Gasteiger partial charge in [-0.25, -0.2) is 0 Å². The summed E-state index contributed by atoms with van der Waals surface area (Å²) in [5.41, 5.74) is 1.47. The van der Waals surface area contributed by atoms with Crippen LogP contribution in [0.5, 0.6) is 5.75 Å². The van der Waals surface area contributed by atoms with E-state index in [1.54, 1.807) is 6.20 Å². The largest absolute Gasteiger partial charge is 0.871 e. The van der Waals surface area contributed by atoms with Crippen molar-refractivity contribution in [3.63, 3.8) is 0 Å². The standard InChI is InChI=1S/C12H13NO/c1-2-4-10-7-6-9-5-3-8-13-11(9)12(10)14/h3,5-8,14H,2,4H2,1H3/p-1. The minimum Gasteiger partial charge on any atom is -0.871 e. The molecule has 2 heteroatoms. The van der Waals surface area contributed by atoms with Gasteiger partial charge in [-0.15, -0.1) is 0 Å². The molecule has 1 heterocycles. The summed E-state index contributed by atoms with van der Waals surface area (Å²) in [7, 11) is 0. The van der Waals surface area contributed by atoms with Crippen molar-refractivity contribution in [2.45, 2.75) is 19.8 Å². The van der Waals surface area contributed by atoms with Crippen LogP contribution in [0.4, 0.5) is 0 Å². The fourth-order valence-electron chi connectivity index (χ4n) is 1.63. The van der Waals surface area contributed by atoms with Crippen molar-refractivity contribution < 1.29 is 5.11 Å². The van der Waals surface area contributed by atoms with Gasteiger partial charge in [0.15, 0.2) is 0 Å². The Kier molecular flexibility index (Phi) is 2.35. The second kappa shape index (κ2) is 3.66. The molecular weight excluding hydrogens is 174 g/mol. The zero-order valence-corrected chi connectivity index (χ0v) is 8.16. The third-order valence-corrected chi connectivity index (χ3v) is 2.33. The number of aryl methyl sites for hydroxylation is 1. The summed E-state index contributed by atoms with van der Waals surface area (Å²) >= 11 is 0. The van der Waals surface area contributed by atoms with E-state index in [4.69, 9.17) is 0 Å². The maximum atomic E-state index is 11.9. The highest BCUT2D eigenvalue weighted by atomic mass is 16.3. The average molecular weight is 186 g/mol. The van der Waals surface area contributed by atoms with Crippen molar-refractivity contribution in [1.82, 2.24) is 4.98 Å². The molecule has 0 amide bonds. The number of pyridine rings is 1. The zero-order chi connectivity index (χ0) is 9.97. The van der Waals surface area contributed by atoms with Crippen molar-refractivity contribution in [3.05, 3.63) is 36.0 Å². The molecule has 0 aliphatic rings. The lowest BCUT2D eigenvalue weighted by molar-refractivity contribution is -0.267. The van der Waals surface area contributed by atoms with Gasteiger partial charge < -0.3 is 5.11 Å².